The van der Waals surface area contributed by atoms with E-state index in [0.29, 0.717) is 0 Å². The molecule has 0 aromatic rings. The second-order valence-corrected chi connectivity index (χ2v) is 6.39. The number of aliphatic hydroxyl groups is 1. The quantitative estimate of drug-likeness (QED) is 0.732. The second kappa shape index (κ2) is 7.84. The van der Waals surface area contributed by atoms with E-state index in [1.165, 1.54) is 19.3 Å². The fourth-order valence-corrected chi connectivity index (χ4v) is 3.25. The lowest BCUT2D eigenvalue weighted by molar-refractivity contribution is 0.117. The molecule has 20 heavy (non-hydrogen) atoms. The third kappa shape index (κ3) is 5.29. The minimum absolute atomic E-state index is 0.0594. The lowest BCUT2D eigenvalue weighted by atomic mass is 9.93. The normalized spacial score (nSPS) is 29.7. The summed E-state index contributed by atoms with van der Waals surface area (Å²) in [5.74, 6) is 0. The van der Waals surface area contributed by atoms with Crippen molar-refractivity contribution in [2.24, 2.45) is 0 Å². The van der Waals surface area contributed by atoms with E-state index in [4.69, 9.17) is 0 Å². The van der Waals surface area contributed by atoms with E-state index in [1.54, 1.807) is 0 Å². The molecule has 0 spiro atoms. The number of hydrogen-bond acceptors (Lipinski definition) is 3. The molecule has 0 radical (unpaired) electrons. The number of likely N-dealkylation sites (tertiary alicyclic amines) is 1. The Morgan fingerprint density at radius 2 is 1.85 bits per heavy atom. The van der Waals surface area contributed by atoms with Crippen LogP contribution in [0, 0.1) is 0 Å². The molecule has 1 heterocycles. The van der Waals surface area contributed by atoms with Gasteiger partial charge in [-0.2, -0.15) is 0 Å². The van der Waals surface area contributed by atoms with E-state index in [-0.39, 0.29) is 24.2 Å². The molecule has 116 valence electrons. The maximum atomic E-state index is 11.9. The van der Waals surface area contributed by atoms with Crippen molar-refractivity contribution in [2.75, 3.05) is 19.6 Å². The molecule has 1 aliphatic heterocycles. The fourth-order valence-electron chi connectivity index (χ4n) is 3.25. The van der Waals surface area contributed by atoms with Crippen LogP contribution in [0.3, 0.4) is 0 Å². The van der Waals surface area contributed by atoms with Crippen LogP contribution in [-0.2, 0) is 0 Å². The first kappa shape index (κ1) is 15.6. The van der Waals surface area contributed by atoms with Crippen LogP contribution in [0.15, 0.2) is 0 Å². The van der Waals surface area contributed by atoms with Gasteiger partial charge in [0, 0.05) is 18.6 Å². The van der Waals surface area contributed by atoms with E-state index in [0.717, 1.165) is 45.3 Å². The molecule has 0 aromatic heterocycles. The SMILES string of the molecule is CC(CN1CCCCC1)NC(=O)NC1CCC(O)CC1. The molecule has 2 aliphatic rings. The molecule has 1 saturated heterocycles. The molecule has 0 bridgehead atoms. The van der Waals surface area contributed by atoms with Crippen molar-refractivity contribution in [1.82, 2.24) is 15.5 Å². The summed E-state index contributed by atoms with van der Waals surface area (Å²) in [6.45, 7) is 5.33. The van der Waals surface area contributed by atoms with Gasteiger partial charge in [-0.3, -0.25) is 0 Å². The highest BCUT2D eigenvalue weighted by Gasteiger charge is 2.21. The number of nitrogens with one attached hydrogen (secondary N) is 2. The summed E-state index contributed by atoms with van der Waals surface area (Å²) in [7, 11) is 0. The summed E-state index contributed by atoms with van der Waals surface area (Å²) in [4.78, 5) is 14.4. The number of rotatable bonds is 4. The molecule has 1 atom stereocenters. The number of piperidine rings is 1. The molecule has 2 fully saturated rings. The Morgan fingerprint density at radius 1 is 1.20 bits per heavy atom. The highest BCUT2D eigenvalue weighted by Crippen LogP contribution is 2.18. The van der Waals surface area contributed by atoms with E-state index >= 15 is 0 Å². The summed E-state index contributed by atoms with van der Waals surface area (Å²) in [5.41, 5.74) is 0. The average Bonchev–Trinajstić information content (AvgIpc) is 2.42. The lowest BCUT2D eigenvalue weighted by Gasteiger charge is -2.30. The molecule has 1 unspecified atom stereocenters. The molecular formula is C15H29N3O2. The Morgan fingerprint density at radius 3 is 2.50 bits per heavy atom. The maximum absolute atomic E-state index is 11.9. The van der Waals surface area contributed by atoms with Crippen LogP contribution in [0.1, 0.15) is 51.9 Å². The minimum Gasteiger partial charge on any atom is -0.393 e. The molecule has 3 N–H and O–H groups in total. The van der Waals surface area contributed by atoms with Gasteiger partial charge in [-0.25, -0.2) is 4.79 Å². The van der Waals surface area contributed by atoms with Gasteiger partial charge in [0.2, 0.25) is 0 Å². The Balaban J connectivity index is 1.63. The second-order valence-electron chi connectivity index (χ2n) is 6.39. The van der Waals surface area contributed by atoms with Crippen LogP contribution in [-0.4, -0.2) is 53.9 Å². The number of nitrogens with zero attached hydrogens (tertiary/aromatic N) is 1. The smallest absolute Gasteiger partial charge is 0.315 e. The summed E-state index contributed by atoms with van der Waals surface area (Å²) < 4.78 is 0. The zero-order valence-electron chi connectivity index (χ0n) is 12.6. The molecule has 1 saturated carbocycles. The van der Waals surface area contributed by atoms with Gasteiger partial charge in [0.05, 0.1) is 6.10 Å². The minimum atomic E-state index is -0.172. The van der Waals surface area contributed by atoms with Crippen molar-refractivity contribution in [3.05, 3.63) is 0 Å². The number of urea groups is 1. The van der Waals surface area contributed by atoms with Gasteiger partial charge in [0.1, 0.15) is 0 Å². The maximum Gasteiger partial charge on any atom is 0.315 e. The van der Waals surface area contributed by atoms with Crippen molar-refractivity contribution in [3.63, 3.8) is 0 Å². The third-order valence-corrected chi connectivity index (χ3v) is 4.39. The predicted octanol–water partition coefficient (Wildman–Crippen LogP) is 1.46. The van der Waals surface area contributed by atoms with Crippen LogP contribution < -0.4 is 10.6 Å². The summed E-state index contributed by atoms with van der Waals surface area (Å²) >= 11 is 0. The highest BCUT2D eigenvalue weighted by atomic mass is 16.3. The monoisotopic (exact) mass is 283 g/mol. The largest absolute Gasteiger partial charge is 0.393 e. The number of hydrogen-bond donors (Lipinski definition) is 3. The van der Waals surface area contributed by atoms with Crippen LogP contribution >= 0.6 is 0 Å². The molecule has 2 rings (SSSR count). The van der Waals surface area contributed by atoms with Crippen LogP contribution in [0.2, 0.25) is 0 Å². The third-order valence-electron chi connectivity index (χ3n) is 4.39. The van der Waals surface area contributed by atoms with Gasteiger partial charge < -0.3 is 20.6 Å². The molecule has 2 amide bonds. The fraction of sp³-hybridized carbons (Fsp3) is 0.933. The first-order valence-electron chi connectivity index (χ1n) is 8.11. The first-order chi connectivity index (χ1) is 9.63. The van der Waals surface area contributed by atoms with E-state index in [2.05, 4.69) is 22.5 Å². The van der Waals surface area contributed by atoms with Crippen LogP contribution in [0.25, 0.3) is 0 Å². The number of carbonyl (C=O) groups excluding carboxylic acids is 1. The standard InChI is InChI=1S/C15H29N3O2/c1-12(11-18-9-3-2-4-10-18)16-15(20)17-13-5-7-14(19)8-6-13/h12-14,19H,2-11H2,1H3,(H2,16,17,20). The van der Waals surface area contributed by atoms with Gasteiger partial charge in [-0.05, 0) is 58.5 Å². The van der Waals surface area contributed by atoms with Crippen molar-refractivity contribution in [3.8, 4) is 0 Å². The zero-order chi connectivity index (χ0) is 14.4. The Bertz CT molecular complexity index is 297. The number of aliphatic hydroxyl groups excluding tert-OH is 1. The topological polar surface area (TPSA) is 64.6 Å². The molecule has 5 heteroatoms. The van der Waals surface area contributed by atoms with Crippen LogP contribution in [0.5, 0.6) is 0 Å². The van der Waals surface area contributed by atoms with E-state index < -0.39 is 0 Å². The average molecular weight is 283 g/mol. The van der Waals surface area contributed by atoms with Gasteiger partial charge in [0.25, 0.3) is 0 Å². The number of amides is 2. The highest BCUT2D eigenvalue weighted by molar-refractivity contribution is 5.74. The molecular weight excluding hydrogens is 254 g/mol. The van der Waals surface area contributed by atoms with Crippen LogP contribution in [0.4, 0.5) is 4.79 Å². The molecule has 0 aromatic carbocycles. The Kier molecular flexibility index (Phi) is 6.10. The Labute approximate surface area is 122 Å². The van der Waals surface area contributed by atoms with Crippen molar-refractivity contribution in [1.29, 1.82) is 0 Å². The summed E-state index contributed by atoms with van der Waals surface area (Å²) in [6.07, 6.45) is 7.10. The number of carbonyl (C=O) groups is 1. The molecule has 5 nitrogen and oxygen atoms in total. The van der Waals surface area contributed by atoms with E-state index in [9.17, 15) is 9.90 Å². The first-order valence-corrected chi connectivity index (χ1v) is 8.11. The Hall–Kier alpha value is -0.810. The van der Waals surface area contributed by atoms with Gasteiger partial charge in [-0.1, -0.05) is 6.42 Å². The lowest BCUT2D eigenvalue weighted by Crippen LogP contribution is -2.50. The van der Waals surface area contributed by atoms with Gasteiger partial charge in [0.15, 0.2) is 0 Å². The predicted molar refractivity (Wildman–Crippen MR) is 79.7 cm³/mol. The zero-order valence-corrected chi connectivity index (χ0v) is 12.6. The molecule has 1 aliphatic carbocycles. The van der Waals surface area contributed by atoms with Crippen molar-refractivity contribution in [2.45, 2.75) is 70.1 Å². The van der Waals surface area contributed by atoms with Gasteiger partial charge in [-0.15, -0.1) is 0 Å². The van der Waals surface area contributed by atoms with E-state index in [1.807, 2.05) is 0 Å². The summed E-state index contributed by atoms with van der Waals surface area (Å²) in [5, 5.41) is 15.5. The van der Waals surface area contributed by atoms with Gasteiger partial charge >= 0.3 is 6.03 Å². The van der Waals surface area contributed by atoms with Crippen molar-refractivity contribution >= 4 is 6.03 Å². The summed E-state index contributed by atoms with van der Waals surface area (Å²) in [6, 6.07) is 0.346. The van der Waals surface area contributed by atoms with Crippen molar-refractivity contribution < 1.29 is 9.90 Å².